The Morgan fingerprint density at radius 1 is 1.37 bits per heavy atom. The minimum Gasteiger partial charge on any atom is -0.489 e. The summed E-state index contributed by atoms with van der Waals surface area (Å²) in [6.45, 7) is 8.70. The third-order valence-corrected chi connectivity index (χ3v) is 5.55. The predicted molar refractivity (Wildman–Crippen MR) is 112 cm³/mol. The van der Waals surface area contributed by atoms with E-state index in [9.17, 15) is 5.11 Å². The molecular weight excluding hydrogens is 386 g/mol. The molecule has 0 bridgehead atoms. The van der Waals surface area contributed by atoms with Gasteiger partial charge in [0.2, 0.25) is 0 Å². The molecule has 30 heavy (non-hydrogen) atoms. The molecule has 1 fully saturated rings. The molecule has 0 unspecified atom stereocenters. The van der Waals surface area contributed by atoms with Gasteiger partial charge in [0.15, 0.2) is 23.1 Å². The van der Waals surface area contributed by atoms with Gasteiger partial charge in [-0.05, 0) is 57.5 Å². The summed E-state index contributed by atoms with van der Waals surface area (Å²) in [5.74, 6) is 1.75. The van der Waals surface area contributed by atoms with Crippen LogP contribution < -0.4 is 10.5 Å². The number of nitrogens with two attached hydrogens (primary N) is 1. The molecule has 0 spiro atoms. The maximum atomic E-state index is 10.7. The van der Waals surface area contributed by atoms with Gasteiger partial charge in [0.1, 0.15) is 16.6 Å². The number of aliphatic hydroxyl groups is 1. The fourth-order valence-corrected chi connectivity index (χ4v) is 4.12. The van der Waals surface area contributed by atoms with Crippen molar-refractivity contribution in [2.24, 2.45) is 5.92 Å². The minimum atomic E-state index is -1.18. The standard InChI is InChI=1S/C20H29N7O3/c1-5-27-16-13(29-11-12-7-6-8-26(4)10-12)9-22-17(20(2,3)28)14(16)23-19(27)15-18(21)25-30-24-15/h9,12,28H,5-8,10-11H2,1-4H3,(H2,21,25)/t12-/m0/s1. The van der Waals surface area contributed by atoms with Crippen molar-refractivity contribution in [3.63, 3.8) is 0 Å². The Hall–Kier alpha value is -2.72. The normalized spacial score (nSPS) is 18.2. The predicted octanol–water partition coefficient (Wildman–Crippen LogP) is 2.03. The molecule has 162 valence electrons. The first-order valence-corrected chi connectivity index (χ1v) is 10.3. The van der Waals surface area contributed by atoms with Gasteiger partial charge in [-0.2, -0.15) is 0 Å². The van der Waals surface area contributed by atoms with Gasteiger partial charge >= 0.3 is 0 Å². The number of hydrogen-bond acceptors (Lipinski definition) is 9. The lowest BCUT2D eigenvalue weighted by Crippen LogP contribution is -2.34. The molecular formula is C20H29N7O3. The fourth-order valence-electron chi connectivity index (χ4n) is 4.12. The van der Waals surface area contributed by atoms with Crippen molar-refractivity contribution < 1.29 is 14.5 Å². The van der Waals surface area contributed by atoms with E-state index in [1.807, 2.05) is 11.5 Å². The number of anilines is 1. The van der Waals surface area contributed by atoms with Crippen LogP contribution in [0.5, 0.6) is 5.75 Å². The molecule has 0 saturated carbocycles. The van der Waals surface area contributed by atoms with Crippen LogP contribution in [0.1, 0.15) is 39.3 Å². The first-order valence-electron chi connectivity index (χ1n) is 10.3. The number of nitrogens with zero attached hydrogens (tertiary/aromatic N) is 6. The van der Waals surface area contributed by atoms with E-state index in [1.54, 1.807) is 20.0 Å². The van der Waals surface area contributed by atoms with Crippen LogP contribution >= 0.6 is 0 Å². The number of ether oxygens (including phenoxy) is 1. The van der Waals surface area contributed by atoms with E-state index in [2.05, 4.69) is 27.2 Å². The van der Waals surface area contributed by atoms with Crippen LogP contribution in [0.4, 0.5) is 5.82 Å². The van der Waals surface area contributed by atoms with Gasteiger partial charge in [-0.3, -0.25) is 4.98 Å². The summed E-state index contributed by atoms with van der Waals surface area (Å²) in [6, 6.07) is 0. The smallest absolute Gasteiger partial charge is 0.199 e. The van der Waals surface area contributed by atoms with Gasteiger partial charge < -0.3 is 25.0 Å². The van der Waals surface area contributed by atoms with E-state index in [1.165, 1.54) is 6.42 Å². The zero-order valence-corrected chi connectivity index (χ0v) is 17.9. The number of fused-ring (bicyclic) bond motifs is 1. The van der Waals surface area contributed by atoms with Crippen molar-refractivity contribution in [1.29, 1.82) is 0 Å². The highest BCUT2D eigenvalue weighted by Crippen LogP contribution is 2.36. The Bertz CT molecular complexity index is 1040. The van der Waals surface area contributed by atoms with Gasteiger partial charge in [-0.15, -0.1) is 0 Å². The molecule has 0 amide bonds. The van der Waals surface area contributed by atoms with Gasteiger partial charge in [0, 0.05) is 19.0 Å². The van der Waals surface area contributed by atoms with E-state index in [0.29, 0.717) is 47.5 Å². The summed E-state index contributed by atoms with van der Waals surface area (Å²) in [4.78, 5) is 11.6. The summed E-state index contributed by atoms with van der Waals surface area (Å²) in [5.41, 5.74) is 6.88. The molecule has 1 aliphatic heterocycles. The Morgan fingerprint density at radius 2 is 2.17 bits per heavy atom. The van der Waals surface area contributed by atoms with Crippen molar-refractivity contribution in [3.05, 3.63) is 11.9 Å². The fraction of sp³-hybridized carbons (Fsp3) is 0.600. The minimum absolute atomic E-state index is 0.158. The first-order chi connectivity index (χ1) is 14.3. The highest BCUT2D eigenvalue weighted by atomic mass is 16.6. The summed E-state index contributed by atoms with van der Waals surface area (Å²) in [7, 11) is 2.14. The van der Waals surface area contributed by atoms with Gasteiger partial charge in [0.05, 0.1) is 18.5 Å². The van der Waals surface area contributed by atoms with E-state index in [0.717, 1.165) is 25.0 Å². The molecule has 3 aromatic rings. The first kappa shape index (κ1) is 20.5. The van der Waals surface area contributed by atoms with E-state index >= 15 is 0 Å². The van der Waals surface area contributed by atoms with Crippen LogP contribution in [0, 0.1) is 5.92 Å². The van der Waals surface area contributed by atoms with Crippen molar-refractivity contribution >= 4 is 16.9 Å². The Kier molecular flexibility index (Phi) is 5.37. The average molecular weight is 415 g/mol. The number of rotatable bonds is 6. The lowest BCUT2D eigenvalue weighted by molar-refractivity contribution is 0.0752. The molecule has 1 atom stereocenters. The molecule has 10 heteroatoms. The summed E-state index contributed by atoms with van der Waals surface area (Å²) < 4.78 is 13.0. The molecule has 0 aromatic carbocycles. The average Bonchev–Trinajstić information content (AvgIpc) is 3.28. The second-order valence-electron chi connectivity index (χ2n) is 8.49. The van der Waals surface area contributed by atoms with E-state index < -0.39 is 5.60 Å². The summed E-state index contributed by atoms with van der Waals surface area (Å²) in [5, 5.41) is 18.3. The van der Waals surface area contributed by atoms with Crippen LogP contribution in [0.3, 0.4) is 0 Å². The number of aryl methyl sites for hydroxylation is 1. The van der Waals surface area contributed by atoms with Crippen molar-refractivity contribution in [2.45, 2.75) is 45.8 Å². The van der Waals surface area contributed by atoms with Crippen LogP contribution in [-0.4, -0.2) is 61.6 Å². The van der Waals surface area contributed by atoms with Gasteiger partial charge in [0.25, 0.3) is 0 Å². The molecule has 4 heterocycles. The van der Waals surface area contributed by atoms with E-state index in [4.69, 9.17) is 20.1 Å². The third-order valence-electron chi connectivity index (χ3n) is 5.55. The Labute approximate surface area is 175 Å². The number of imidazole rings is 1. The zero-order valence-electron chi connectivity index (χ0n) is 17.9. The summed E-state index contributed by atoms with van der Waals surface area (Å²) in [6.07, 6.45) is 3.98. The van der Waals surface area contributed by atoms with Crippen LogP contribution in [0.15, 0.2) is 10.8 Å². The number of nitrogen functional groups attached to an aromatic ring is 1. The Morgan fingerprint density at radius 3 is 2.80 bits per heavy atom. The monoisotopic (exact) mass is 415 g/mol. The van der Waals surface area contributed by atoms with Crippen molar-refractivity contribution in [1.82, 2.24) is 29.7 Å². The molecule has 3 N–H and O–H groups in total. The molecule has 1 aliphatic rings. The van der Waals surface area contributed by atoms with E-state index in [-0.39, 0.29) is 5.82 Å². The largest absolute Gasteiger partial charge is 0.489 e. The third kappa shape index (κ3) is 3.72. The number of aromatic nitrogens is 5. The number of piperidine rings is 1. The number of hydrogen-bond donors (Lipinski definition) is 2. The quantitative estimate of drug-likeness (QED) is 0.621. The second-order valence-corrected chi connectivity index (χ2v) is 8.49. The summed E-state index contributed by atoms with van der Waals surface area (Å²) >= 11 is 0. The van der Waals surface area contributed by atoms with Gasteiger partial charge in [-0.1, -0.05) is 0 Å². The van der Waals surface area contributed by atoms with Crippen molar-refractivity contribution in [2.75, 3.05) is 32.5 Å². The molecule has 0 aliphatic carbocycles. The topological polar surface area (TPSA) is 128 Å². The highest BCUT2D eigenvalue weighted by Gasteiger charge is 2.29. The molecule has 0 radical (unpaired) electrons. The molecule has 10 nitrogen and oxygen atoms in total. The maximum absolute atomic E-state index is 10.7. The zero-order chi connectivity index (χ0) is 21.5. The lowest BCUT2D eigenvalue weighted by atomic mass is 9.99. The molecule has 4 rings (SSSR count). The lowest BCUT2D eigenvalue weighted by Gasteiger charge is -2.29. The van der Waals surface area contributed by atoms with Crippen LogP contribution in [0.2, 0.25) is 0 Å². The van der Waals surface area contributed by atoms with Crippen LogP contribution in [0.25, 0.3) is 22.6 Å². The maximum Gasteiger partial charge on any atom is 0.199 e. The number of likely N-dealkylation sites (tertiary alicyclic amines) is 1. The SMILES string of the molecule is CCn1c(-c2nonc2N)nc2c(C(C)(C)O)ncc(OC[C@H]3CCCN(C)C3)c21. The van der Waals surface area contributed by atoms with Crippen molar-refractivity contribution in [3.8, 4) is 17.3 Å². The van der Waals surface area contributed by atoms with Gasteiger partial charge in [-0.25, -0.2) is 9.61 Å². The Balaban J connectivity index is 1.81. The second kappa shape index (κ2) is 7.84. The molecule has 1 saturated heterocycles. The van der Waals surface area contributed by atoms with Crippen LogP contribution in [-0.2, 0) is 12.1 Å². The highest BCUT2D eigenvalue weighted by molar-refractivity contribution is 5.88. The molecule has 3 aromatic heterocycles. The number of pyridine rings is 1.